The molecule has 3 nitrogen and oxygen atoms in total. The third-order valence-corrected chi connectivity index (χ3v) is 3.10. The lowest BCUT2D eigenvalue weighted by atomic mass is 10.1. The number of halogens is 4. The predicted octanol–water partition coefficient (Wildman–Crippen LogP) is 3.23. The molecule has 2 rings (SSSR count). The maximum absolute atomic E-state index is 13.7. The van der Waals surface area contributed by atoms with Crippen molar-refractivity contribution >= 4 is 17.2 Å². The van der Waals surface area contributed by atoms with Gasteiger partial charge >= 0.3 is 6.18 Å². The fourth-order valence-electron chi connectivity index (χ4n) is 1.52. The van der Waals surface area contributed by atoms with Crippen LogP contribution in [0.5, 0.6) is 0 Å². The third kappa shape index (κ3) is 3.13. The Morgan fingerprint density at radius 1 is 1.35 bits per heavy atom. The van der Waals surface area contributed by atoms with Crippen molar-refractivity contribution < 1.29 is 22.4 Å². The number of amides is 1. The average Bonchev–Trinajstić information content (AvgIpc) is 2.88. The monoisotopic (exact) mass is 304 g/mol. The molecule has 106 valence electrons. The number of benzene rings is 1. The number of hydrogen-bond acceptors (Lipinski definition) is 3. The van der Waals surface area contributed by atoms with E-state index in [1.54, 1.807) is 10.9 Å². The van der Waals surface area contributed by atoms with Crippen LogP contribution in [0.1, 0.15) is 21.6 Å². The molecule has 1 aromatic heterocycles. The number of carbonyl (C=O) groups is 1. The Hall–Kier alpha value is -1.96. The second-order valence-electron chi connectivity index (χ2n) is 3.83. The van der Waals surface area contributed by atoms with Crippen LogP contribution in [0.15, 0.2) is 29.1 Å². The minimum atomic E-state index is -4.84. The van der Waals surface area contributed by atoms with Crippen molar-refractivity contribution in [3.63, 3.8) is 0 Å². The van der Waals surface area contributed by atoms with Gasteiger partial charge in [-0.25, -0.2) is 9.37 Å². The minimum absolute atomic E-state index is 0.0258. The molecule has 0 saturated carbocycles. The van der Waals surface area contributed by atoms with Crippen molar-refractivity contribution in [2.24, 2.45) is 0 Å². The first kappa shape index (κ1) is 14.4. The summed E-state index contributed by atoms with van der Waals surface area (Å²) in [5, 5.41) is 3.99. The first-order chi connectivity index (χ1) is 9.39. The van der Waals surface area contributed by atoms with E-state index in [-0.39, 0.29) is 6.54 Å². The zero-order chi connectivity index (χ0) is 14.8. The molecular weight excluding hydrogens is 296 g/mol. The minimum Gasteiger partial charge on any atom is -0.346 e. The van der Waals surface area contributed by atoms with Gasteiger partial charge in [-0.1, -0.05) is 6.07 Å². The molecule has 0 aliphatic carbocycles. The van der Waals surface area contributed by atoms with Gasteiger partial charge in [-0.15, -0.1) is 11.3 Å². The molecular formula is C12H8F4N2OS. The van der Waals surface area contributed by atoms with E-state index in [2.05, 4.69) is 10.3 Å². The van der Waals surface area contributed by atoms with Gasteiger partial charge < -0.3 is 5.32 Å². The van der Waals surface area contributed by atoms with E-state index in [4.69, 9.17) is 0 Å². The molecule has 0 atom stereocenters. The zero-order valence-electron chi connectivity index (χ0n) is 9.87. The molecule has 20 heavy (non-hydrogen) atoms. The Bertz CT molecular complexity index is 610. The molecule has 0 fully saturated rings. The molecule has 0 saturated heterocycles. The van der Waals surface area contributed by atoms with Crippen molar-refractivity contribution in [1.29, 1.82) is 0 Å². The van der Waals surface area contributed by atoms with Crippen LogP contribution in [-0.4, -0.2) is 10.9 Å². The van der Waals surface area contributed by atoms with Crippen molar-refractivity contribution in [2.45, 2.75) is 12.7 Å². The third-order valence-electron chi connectivity index (χ3n) is 2.46. The molecule has 1 aromatic carbocycles. The van der Waals surface area contributed by atoms with Crippen LogP contribution in [0.4, 0.5) is 17.6 Å². The summed E-state index contributed by atoms with van der Waals surface area (Å²) in [4.78, 5) is 15.6. The molecule has 0 bridgehead atoms. The fourth-order valence-corrected chi connectivity index (χ4v) is 2.08. The summed E-state index contributed by atoms with van der Waals surface area (Å²) in [5.41, 5.74) is -0.00333. The van der Waals surface area contributed by atoms with Gasteiger partial charge in [0, 0.05) is 5.38 Å². The Labute approximate surface area is 115 Å². The Balaban J connectivity index is 2.18. The molecule has 1 N–H and O–H groups in total. The van der Waals surface area contributed by atoms with Crippen LogP contribution in [0.3, 0.4) is 0 Å². The first-order valence-corrected chi connectivity index (χ1v) is 6.35. The highest BCUT2D eigenvalue weighted by Gasteiger charge is 2.35. The quantitative estimate of drug-likeness (QED) is 0.885. The summed E-state index contributed by atoms with van der Waals surface area (Å²) in [5.74, 6) is -2.49. The summed E-state index contributed by atoms with van der Waals surface area (Å²) in [6, 6.07) is 2.58. The van der Waals surface area contributed by atoms with Crippen LogP contribution in [0.25, 0.3) is 0 Å². The zero-order valence-corrected chi connectivity index (χ0v) is 10.7. The molecule has 0 aliphatic heterocycles. The fraction of sp³-hybridized carbons (Fsp3) is 0.167. The van der Waals surface area contributed by atoms with Gasteiger partial charge in [-0.3, -0.25) is 4.79 Å². The number of carbonyl (C=O) groups excluding carboxylic acids is 1. The Morgan fingerprint density at radius 3 is 2.70 bits per heavy atom. The summed E-state index contributed by atoms with van der Waals surface area (Å²) in [6.45, 7) is 0.0258. The van der Waals surface area contributed by atoms with E-state index in [1.165, 1.54) is 11.3 Å². The average molecular weight is 304 g/mol. The number of nitrogens with one attached hydrogen (secondary N) is 1. The SMILES string of the molecule is O=C(NCc1cscn1)c1cccc(C(F)(F)F)c1F. The topological polar surface area (TPSA) is 42.0 Å². The van der Waals surface area contributed by atoms with Gasteiger partial charge in [-0.2, -0.15) is 13.2 Å². The lowest BCUT2D eigenvalue weighted by Crippen LogP contribution is -2.25. The van der Waals surface area contributed by atoms with Crippen molar-refractivity contribution in [3.05, 3.63) is 51.7 Å². The van der Waals surface area contributed by atoms with Crippen LogP contribution in [0.2, 0.25) is 0 Å². The molecule has 1 heterocycles. The summed E-state index contributed by atoms with van der Waals surface area (Å²) in [7, 11) is 0. The van der Waals surface area contributed by atoms with Gasteiger partial charge in [0.15, 0.2) is 0 Å². The smallest absolute Gasteiger partial charge is 0.346 e. The van der Waals surface area contributed by atoms with Gasteiger partial charge in [0.25, 0.3) is 5.91 Å². The first-order valence-electron chi connectivity index (χ1n) is 5.40. The molecule has 0 radical (unpaired) electrons. The second kappa shape index (κ2) is 5.58. The van der Waals surface area contributed by atoms with Crippen LogP contribution in [0, 0.1) is 5.82 Å². The summed E-state index contributed by atoms with van der Waals surface area (Å²) in [6.07, 6.45) is -4.84. The highest BCUT2D eigenvalue weighted by atomic mass is 32.1. The maximum Gasteiger partial charge on any atom is 0.419 e. The lowest BCUT2D eigenvalue weighted by Gasteiger charge is -2.11. The number of aromatic nitrogens is 1. The van der Waals surface area contributed by atoms with Crippen molar-refractivity contribution in [2.75, 3.05) is 0 Å². The lowest BCUT2D eigenvalue weighted by molar-refractivity contribution is -0.140. The normalized spacial score (nSPS) is 11.4. The second-order valence-corrected chi connectivity index (χ2v) is 4.55. The molecule has 2 aromatic rings. The van der Waals surface area contributed by atoms with Crippen molar-refractivity contribution in [1.82, 2.24) is 10.3 Å². The molecule has 8 heteroatoms. The van der Waals surface area contributed by atoms with E-state index >= 15 is 0 Å². The maximum atomic E-state index is 13.7. The van der Waals surface area contributed by atoms with Gasteiger partial charge in [0.1, 0.15) is 5.82 Å². The molecule has 1 amide bonds. The van der Waals surface area contributed by atoms with Crippen LogP contribution >= 0.6 is 11.3 Å². The summed E-state index contributed by atoms with van der Waals surface area (Å²) < 4.78 is 51.3. The van der Waals surface area contributed by atoms with E-state index in [9.17, 15) is 22.4 Å². The Kier molecular flexibility index (Phi) is 4.03. The predicted molar refractivity (Wildman–Crippen MR) is 64.7 cm³/mol. The van der Waals surface area contributed by atoms with Gasteiger partial charge in [0.05, 0.1) is 28.9 Å². The van der Waals surface area contributed by atoms with Gasteiger partial charge in [0.2, 0.25) is 0 Å². The number of hydrogen-bond donors (Lipinski definition) is 1. The number of rotatable bonds is 3. The highest BCUT2D eigenvalue weighted by molar-refractivity contribution is 7.07. The molecule has 0 spiro atoms. The largest absolute Gasteiger partial charge is 0.419 e. The number of thiazole rings is 1. The van der Waals surface area contributed by atoms with E-state index < -0.39 is 29.0 Å². The summed E-state index contributed by atoms with van der Waals surface area (Å²) >= 11 is 1.31. The molecule has 0 unspecified atom stereocenters. The highest BCUT2D eigenvalue weighted by Crippen LogP contribution is 2.32. The number of alkyl halides is 3. The number of nitrogens with zero attached hydrogens (tertiary/aromatic N) is 1. The standard InChI is InChI=1S/C12H8F4N2OS/c13-10-8(2-1-3-9(10)12(14,15)16)11(19)17-4-7-5-20-6-18-7/h1-3,5-6H,4H2,(H,17,19). The van der Waals surface area contributed by atoms with E-state index in [1.807, 2.05) is 0 Å². The van der Waals surface area contributed by atoms with E-state index in [0.29, 0.717) is 11.8 Å². The van der Waals surface area contributed by atoms with Crippen LogP contribution < -0.4 is 5.32 Å². The van der Waals surface area contributed by atoms with Gasteiger partial charge in [-0.05, 0) is 12.1 Å². The van der Waals surface area contributed by atoms with Crippen molar-refractivity contribution in [3.8, 4) is 0 Å². The van der Waals surface area contributed by atoms with E-state index in [0.717, 1.165) is 12.1 Å². The van der Waals surface area contributed by atoms with Crippen LogP contribution in [-0.2, 0) is 12.7 Å². The molecule has 0 aliphatic rings. The Morgan fingerprint density at radius 2 is 2.10 bits per heavy atom.